The highest BCUT2D eigenvalue weighted by Gasteiger charge is 2.25. The third-order valence-corrected chi connectivity index (χ3v) is 4.65. The van der Waals surface area contributed by atoms with Crippen LogP contribution in [0.15, 0.2) is 18.3 Å². The predicted octanol–water partition coefficient (Wildman–Crippen LogP) is 3.94. The Kier molecular flexibility index (Phi) is 4.24. The second-order valence-corrected chi connectivity index (χ2v) is 12.3. The van der Waals surface area contributed by atoms with Crippen molar-refractivity contribution >= 4 is 13.9 Å². The predicted molar refractivity (Wildman–Crippen MR) is 89.7 cm³/mol. The van der Waals surface area contributed by atoms with E-state index in [1.54, 1.807) is 0 Å². The van der Waals surface area contributed by atoms with Crippen molar-refractivity contribution in [1.29, 1.82) is 0 Å². The molecule has 0 amide bonds. The fourth-order valence-electron chi connectivity index (χ4n) is 2.25. The topological polar surface area (TPSA) is 16.1 Å². The first kappa shape index (κ1) is 15.1. The molecule has 1 aromatic heterocycles. The van der Waals surface area contributed by atoms with Gasteiger partial charge in [0.2, 0.25) is 0 Å². The number of pyridine rings is 1. The van der Waals surface area contributed by atoms with Crippen molar-refractivity contribution in [1.82, 2.24) is 4.98 Å². The normalized spacial score (nSPS) is 18.4. The van der Waals surface area contributed by atoms with E-state index in [1.165, 1.54) is 12.8 Å². The molecule has 0 bridgehead atoms. The van der Waals surface area contributed by atoms with Gasteiger partial charge in [0.15, 0.2) is 0 Å². The molecule has 0 spiro atoms. The summed E-state index contributed by atoms with van der Waals surface area (Å²) in [7, 11) is -1.30. The number of hydrogen-bond acceptors (Lipinski definition) is 2. The van der Waals surface area contributed by atoms with E-state index in [0.717, 1.165) is 24.5 Å². The number of aromatic nitrogens is 1. The molecule has 1 aromatic rings. The van der Waals surface area contributed by atoms with E-state index in [1.807, 2.05) is 6.20 Å². The molecule has 20 heavy (non-hydrogen) atoms. The monoisotopic (exact) mass is 286 g/mol. The van der Waals surface area contributed by atoms with E-state index < -0.39 is 8.07 Å². The van der Waals surface area contributed by atoms with Gasteiger partial charge in [-0.1, -0.05) is 39.4 Å². The van der Waals surface area contributed by atoms with Crippen LogP contribution in [0.1, 0.15) is 32.3 Å². The molecule has 108 valence electrons. The van der Waals surface area contributed by atoms with Crippen molar-refractivity contribution in [3.05, 3.63) is 23.9 Å². The maximum atomic E-state index is 4.59. The zero-order valence-electron chi connectivity index (χ0n) is 13.5. The molecular weight excluding hydrogens is 260 g/mol. The number of piperidine rings is 1. The highest BCUT2D eigenvalue weighted by Crippen LogP contribution is 2.31. The van der Waals surface area contributed by atoms with Crippen LogP contribution in [0.25, 0.3) is 0 Å². The van der Waals surface area contributed by atoms with Crippen LogP contribution in [0.5, 0.6) is 0 Å². The first-order valence-corrected chi connectivity index (χ1v) is 11.0. The van der Waals surface area contributed by atoms with Gasteiger partial charge in [0, 0.05) is 24.8 Å². The molecule has 2 rings (SSSR count). The van der Waals surface area contributed by atoms with Crippen molar-refractivity contribution < 1.29 is 0 Å². The molecule has 0 aromatic carbocycles. The second kappa shape index (κ2) is 5.61. The number of hydrogen-bond donors (Lipinski definition) is 0. The lowest BCUT2D eigenvalue weighted by Crippen LogP contribution is -2.37. The lowest BCUT2D eigenvalue weighted by Gasteiger charge is -2.37. The van der Waals surface area contributed by atoms with Crippen molar-refractivity contribution in [2.75, 3.05) is 18.0 Å². The molecule has 3 heteroatoms. The van der Waals surface area contributed by atoms with Crippen LogP contribution in [-0.4, -0.2) is 26.1 Å². The Morgan fingerprint density at radius 2 is 1.80 bits per heavy atom. The molecule has 0 atom stereocenters. The molecular formula is C17H26N2Si. The zero-order valence-corrected chi connectivity index (χ0v) is 14.5. The minimum Gasteiger partial charge on any atom is -0.357 e. The van der Waals surface area contributed by atoms with Crippen LogP contribution >= 0.6 is 0 Å². The molecule has 1 aliphatic heterocycles. The Morgan fingerprint density at radius 3 is 2.30 bits per heavy atom. The van der Waals surface area contributed by atoms with Crippen LogP contribution in [0, 0.1) is 16.9 Å². The molecule has 0 aliphatic carbocycles. The summed E-state index contributed by atoms with van der Waals surface area (Å²) in [6, 6.07) is 4.22. The van der Waals surface area contributed by atoms with Gasteiger partial charge in [0.1, 0.15) is 13.9 Å². The van der Waals surface area contributed by atoms with Gasteiger partial charge < -0.3 is 4.90 Å². The van der Waals surface area contributed by atoms with E-state index in [0.29, 0.717) is 5.41 Å². The molecule has 1 fully saturated rings. The Bertz CT molecular complexity index is 505. The Balaban J connectivity index is 2.03. The van der Waals surface area contributed by atoms with E-state index in [-0.39, 0.29) is 0 Å². The van der Waals surface area contributed by atoms with Crippen molar-refractivity contribution in [2.45, 2.75) is 46.3 Å². The summed E-state index contributed by atoms with van der Waals surface area (Å²) in [5.41, 5.74) is 4.90. The Labute approximate surface area is 124 Å². The van der Waals surface area contributed by atoms with E-state index in [9.17, 15) is 0 Å². The zero-order chi connectivity index (χ0) is 14.8. The van der Waals surface area contributed by atoms with Gasteiger partial charge in [-0.15, -0.1) is 5.54 Å². The van der Waals surface area contributed by atoms with Crippen LogP contribution in [-0.2, 0) is 0 Å². The van der Waals surface area contributed by atoms with Gasteiger partial charge in [-0.2, -0.15) is 0 Å². The molecule has 0 unspecified atom stereocenters. The summed E-state index contributed by atoms with van der Waals surface area (Å²) in [6.07, 6.45) is 4.40. The van der Waals surface area contributed by atoms with Gasteiger partial charge in [0.05, 0.1) is 0 Å². The molecule has 0 saturated carbocycles. The molecule has 2 nitrogen and oxygen atoms in total. The molecule has 1 aliphatic rings. The SMILES string of the molecule is CC1(C)CCN(c2ccc(C#C[Si](C)(C)C)cn2)CC1. The Hall–Kier alpha value is -1.27. The highest BCUT2D eigenvalue weighted by atomic mass is 28.3. The maximum absolute atomic E-state index is 4.59. The van der Waals surface area contributed by atoms with Crippen LogP contribution in [0.3, 0.4) is 0 Å². The molecule has 2 heterocycles. The quantitative estimate of drug-likeness (QED) is 0.574. The van der Waals surface area contributed by atoms with E-state index in [4.69, 9.17) is 0 Å². The molecule has 0 N–H and O–H groups in total. The summed E-state index contributed by atoms with van der Waals surface area (Å²) in [4.78, 5) is 6.98. The third kappa shape index (κ3) is 4.38. The number of rotatable bonds is 1. The van der Waals surface area contributed by atoms with E-state index in [2.05, 4.69) is 67.0 Å². The Morgan fingerprint density at radius 1 is 1.15 bits per heavy atom. The lowest BCUT2D eigenvalue weighted by atomic mass is 9.83. The standard InChI is InChI=1S/C17H26N2Si/c1-17(2)9-11-19(12-10-17)16-7-6-15(14-18-16)8-13-20(3,4)5/h6-7,14H,9-12H2,1-5H3. The van der Waals surface area contributed by atoms with Gasteiger partial charge in [-0.05, 0) is 30.4 Å². The number of anilines is 1. The third-order valence-electron chi connectivity index (χ3n) is 3.77. The van der Waals surface area contributed by atoms with Gasteiger partial charge >= 0.3 is 0 Å². The van der Waals surface area contributed by atoms with Gasteiger partial charge in [-0.3, -0.25) is 0 Å². The highest BCUT2D eigenvalue weighted by molar-refractivity contribution is 6.83. The van der Waals surface area contributed by atoms with E-state index >= 15 is 0 Å². The van der Waals surface area contributed by atoms with Crippen molar-refractivity contribution in [3.8, 4) is 11.5 Å². The van der Waals surface area contributed by atoms with Crippen LogP contribution in [0.2, 0.25) is 19.6 Å². The minimum absolute atomic E-state index is 0.485. The van der Waals surface area contributed by atoms with Gasteiger partial charge in [-0.25, -0.2) is 4.98 Å². The van der Waals surface area contributed by atoms with Crippen molar-refractivity contribution in [2.24, 2.45) is 5.41 Å². The summed E-state index contributed by atoms with van der Waals surface area (Å²) < 4.78 is 0. The molecule has 0 radical (unpaired) electrons. The van der Waals surface area contributed by atoms with Crippen LogP contribution < -0.4 is 4.90 Å². The van der Waals surface area contributed by atoms with Crippen molar-refractivity contribution in [3.63, 3.8) is 0 Å². The summed E-state index contributed by atoms with van der Waals surface area (Å²) in [5.74, 6) is 4.35. The minimum atomic E-state index is -1.30. The second-order valence-electron chi connectivity index (χ2n) is 7.56. The van der Waals surface area contributed by atoms with Gasteiger partial charge in [0.25, 0.3) is 0 Å². The average molecular weight is 286 g/mol. The first-order chi connectivity index (χ1) is 9.25. The first-order valence-electron chi connectivity index (χ1n) is 7.49. The maximum Gasteiger partial charge on any atom is 0.129 e. The molecule has 1 saturated heterocycles. The summed E-state index contributed by atoms with van der Waals surface area (Å²) in [6.45, 7) is 13.7. The largest absolute Gasteiger partial charge is 0.357 e. The fraction of sp³-hybridized carbons (Fsp3) is 0.588. The number of nitrogens with zero attached hydrogens (tertiary/aromatic N) is 2. The fourth-order valence-corrected chi connectivity index (χ4v) is 2.77. The smallest absolute Gasteiger partial charge is 0.129 e. The average Bonchev–Trinajstić information content (AvgIpc) is 2.36. The summed E-state index contributed by atoms with van der Waals surface area (Å²) >= 11 is 0. The summed E-state index contributed by atoms with van der Waals surface area (Å²) in [5, 5.41) is 0. The lowest BCUT2D eigenvalue weighted by molar-refractivity contribution is 0.279. The van der Waals surface area contributed by atoms with Crippen LogP contribution in [0.4, 0.5) is 5.82 Å².